The minimum absolute atomic E-state index is 0.522. The zero-order valence-corrected chi connectivity index (χ0v) is 8.84. The first-order chi connectivity index (χ1) is 5.65. The number of hydrogen-bond acceptors (Lipinski definition) is 1. The van der Waals surface area contributed by atoms with Gasteiger partial charge < -0.3 is 4.74 Å². The van der Waals surface area contributed by atoms with Crippen molar-refractivity contribution in [3.63, 3.8) is 0 Å². The summed E-state index contributed by atoms with van der Waals surface area (Å²) in [6.45, 7) is 6.96. The first-order valence-corrected chi connectivity index (χ1v) is 5.18. The van der Waals surface area contributed by atoms with Crippen molar-refractivity contribution in [2.75, 3.05) is 7.11 Å². The quantitative estimate of drug-likeness (QED) is 0.619. The van der Waals surface area contributed by atoms with E-state index in [1.807, 2.05) is 7.11 Å². The van der Waals surface area contributed by atoms with Gasteiger partial charge in [-0.25, -0.2) is 0 Å². The maximum atomic E-state index is 5.54. The van der Waals surface area contributed by atoms with E-state index in [9.17, 15) is 0 Å². The summed E-state index contributed by atoms with van der Waals surface area (Å²) in [5, 5.41) is 0. The summed E-state index contributed by atoms with van der Waals surface area (Å²) in [6.07, 6.45) is 4.54. The molecule has 1 saturated carbocycles. The van der Waals surface area contributed by atoms with Crippen LogP contribution in [-0.2, 0) is 4.74 Å². The first-order valence-electron chi connectivity index (χ1n) is 5.18. The van der Waals surface area contributed by atoms with Gasteiger partial charge in [-0.05, 0) is 30.6 Å². The van der Waals surface area contributed by atoms with Gasteiger partial charge >= 0.3 is 0 Å². The Bertz CT molecular complexity index is 131. The molecule has 1 rings (SSSR count). The van der Waals surface area contributed by atoms with Gasteiger partial charge in [0.05, 0.1) is 6.10 Å². The Morgan fingerprint density at radius 1 is 1.25 bits per heavy atom. The van der Waals surface area contributed by atoms with Crippen LogP contribution in [0.1, 0.15) is 40.0 Å². The maximum absolute atomic E-state index is 5.54. The lowest BCUT2D eigenvalue weighted by Crippen LogP contribution is -2.33. The molecule has 1 fully saturated rings. The Hall–Kier alpha value is -0.0400. The fourth-order valence-electron chi connectivity index (χ4n) is 2.39. The van der Waals surface area contributed by atoms with Gasteiger partial charge in [-0.3, -0.25) is 0 Å². The zero-order valence-electron chi connectivity index (χ0n) is 8.84. The fourth-order valence-corrected chi connectivity index (χ4v) is 2.39. The molecule has 0 heterocycles. The van der Waals surface area contributed by atoms with Crippen LogP contribution >= 0.6 is 0 Å². The molecule has 1 aliphatic rings. The molecule has 0 N–H and O–H groups in total. The molecule has 1 heteroatoms. The summed E-state index contributed by atoms with van der Waals surface area (Å²) < 4.78 is 5.54. The van der Waals surface area contributed by atoms with E-state index < -0.39 is 0 Å². The first kappa shape index (κ1) is 10.0. The van der Waals surface area contributed by atoms with Crippen LogP contribution in [0, 0.1) is 17.8 Å². The highest BCUT2D eigenvalue weighted by Crippen LogP contribution is 2.34. The third-order valence-electron chi connectivity index (χ3n) is 3.26. The Morgan fingerprint density at radius 3 is 2.42 bits per heavy atom. The summed E-state index contributed by atoms with van der Waals surface area (Å²) >= 11 is 0. The van der Waals surface area contributed by atoms with Gasteiger partial charge in [-0.15, -0.1) is 0 Å². The Balaban J connectivity index is 2.50. The molecular weight excluding hydrogens is 148 g/mol. The molecule has 0 aromatic heterocycles. The van der Waals surface area contributed by atoms with Crippen molar-refractivity contribution in [3.8, 4) is 0 Å². The van der Waals surface area contributed by atoms with E-state index in [2.05, 4.69) is 20.8 Å². The summed E-state index contributed by atoms with van der Waals surface area (Å²) in [5.41, 5.74) is 0. The second kappa shape index (κ2) is 4.27. The van der Waals surface area contributed by atoms with Crippen LogP contribution in [-0.4, -0.2) is 13.2 Å². The molecule has 0 bridgehead atoms. The van der Waals surface area contributed by atoms with Gasteiger partial charge in [0.2, 0.25) is 0 Å². The largest absolute Gasteiger partial charge is 0.381 e. The fraction of sp³-hybridized carbons (Fsp3) is 1.00. The summed E-state index contributed by atoms with van der Waals surface area (Å²) in [4.78, 5) is 0. The third kappa shape index (κ3) is 2.22. The highest BCUT2D eigenvalue weighted by Gasteiger charge is 2.30. The lowest BCUT2D eigenvalue weighted by Gasteiger charge is -2.36. The minimum atomic E-state index is 0.522. The van der Waals surface area contributed by atoms with Crippen molar-refractivity contribution < 1.29 is 4.74 Å². The molecule has 3 atom stereocenters. The van der Waals surface area contributed by atoms with Crippen molar-refractivity contribution in [3.05, 3.63) is 0 Å². The minimum Gasteiger partial charge on any atom is -0.381 e. The molecule has 0 amide bonds. The second-order valence-electron chi connectivity index (χ2n) is 4.60. The van der Waals surface area contributed by atoms with Crippen LogP contribution in [0.25, 0.3) is 0 Å². The van der Waals surface area contributed by atoms with Gasteiger partial charge in [0.1, 0.15) is 0 Å². The summed E-state index contributed by atoms with van der Waals surface area (Å²) in [5.74, 6) is 2.44. The van der Waals surface area contributed by atoms with E-state index in [-0.39, 0.29) is 0 Å². The molecule has 1 nitrogen and oxygen atoms in total. The maximum Gasteiger partial charge on any atom is 0.0604 e. The smallest absolute Gasteiger partial charge is 0.0604 e. The average molecular weight is 170 g/mol. The van der Waals surface area contributed by atoms with Crippen molar-refractivity contribution in [2.24, 2.45) is 17.8 Å². The van der Waals surface area contributed by atoms with Crippen LogP contribution in [0.4, 0.5) is 0 Å². The highest BCUT2D eigenvalue weighted by atomic mass is 16.5. The number of hydrogen-bond donors (Lipinski definition) is 0. The molecule has 0 unspecified atom stereocenters. The molecule has 72 valence electrons. The summed E-state index contributed by atoms with van der Waals surface area (Å²) in [6, 6.07) is 0. The van der Waals surface area contributed by atoms with E-state index >= 15 is 0 Å². The lowest BCUT2D eigenvalue weighted by atomic mass is 9.75. The standard InChI is InChI=1S/C11H22O/c1-8(2)10-6-5-9(3)7-11(10)12-4/h8-11H,5-7H2,1-4H3/t9-,10-,11-/m1/s1. The molecule has 0 aromatic rings. The lowest BCUT2D eigenvalue weighted by molar-refractivity contribution is -0.00982. The predicted octanol–water partition coefficient (Wildman–Crippen LogP) is 3.09. The number of rotatable bonds is 2. The second-order valence-corrected chi connectivity index (χ2v) is 4.60. The monoisotopic (exact) mass is 170 g/mol. The van der Waals surface area contributed by atoms with E-state index in [1.165, 1.54) is 19.3 Å². The van der Waals surface area contributed by atoms with Gasteiger partial charge in [0.25, 0.3) is 0 Å². The zero-order chi connectivity index (χ0) is 9.14. The van der Waals surface area contributed by atoms with E-state index in [4.69, 9.17) is 4.74 Å². The molecule has 1 aliphatic carbocycles. The van der Waals surface area contributed by atoms with Crippen LogP contribution in [0.15, 0.2) is 0 Å². The van der Waals surface area contributed by atoms with Gasteiger partial charge in [0.15, 0.2) is 0 Å². The van der Waals surface area contributed by atoms with Gasteiger partial charge in [-0.2, -0.15) is 0 Å². The molecular formula is C11H22O. The molecule has 0 spiro atoms. The Labute approximate surface area is 76.5 Å². The van der Waals surface area contributed by atoms with Crippen LogP contribution < -0.4 is 0 Å². The molecule has 0 aromatic carbocycles. The Morgan fingerprint density at radius 2 is 1.92 bits per heavy atom. The topological polar surface area (TPSA) is 9.23 Å². The molecule has 0 aliphatic heterocycles. The Kier molecular flexibility index (Phi) is 3.57. The van der Waals surface area contributed by atoms with E-state index in [0.29, 0.717) is 6.10 Å². The van der Waals surface area contributed by atoms with Crippen LogP contribution in [0.2, 0.25) is 0 Å². The molecule has 0 saturated heterocycles. The molecule has 0 radical (unpaired) electrons. The molecule has 12 heavy (non-hydrogen) atoms. The normalized spacial score (nSPS) is 37.2. The van der Waals surface area contributed by atoms with Crippen molar-refractivity contribution in [1.82, 2.24) is 0 Å². The van der Waals surface area contributed by atoms with E-state index in [1.54, 1.807) is 0 Å². The SMILES string of the molecule is CO[C@@H]1C[C@H](C)CC[C@@H]1C(C)C. The van der Waals surface area contributed by atoms with Crippen LogP contribution in [0.3, 0.4) is 0 Å². The van der Waals surface area contributed by atoms with Crippen molar-refractivity contribution in [1.29, 1.82) is 0 Å². The van der Waals surface area contributed by atoms with Gasteiger partial charge in [0, 0.05) is 7.11 Å². The summed E-state index contributed by atoms with van der Waals surface area (Å²) in [7, 11) is 1.86. The average Bonchev–Trinajstić information content (AvgIpc) is 2.03. The number of methoxy groups -OCH3 is 1. The van der Waals surface area contributed by atoms with Crippen molar-refractivity contribution >= 4 is 0 Å². The van der Waals surface area contributed by atoms with Crippen molar-refractivity contribution in [2.45, 2.75) is 46.1 Å². The van der Waals surface area contributed by atoms with Gasteiger partial charge in [-0.1, -0.05) is 27.2 Å². The van der Waals surface area contributed by atoms with E-state index in [0.717, 1.165) is 17.8 Å². The predicted molar refractivity (Wildman–Crippen MR) is 52.1 cm³/mol. The third-order valence-corrected chi connectivity index (χ3v) is 3.26. The number of ether oxygens (including phenoxy) is 1. The highest BCUT2D eigenvalue weighted by molar-refractivity contribution is 4.80. The van der Waals surface area contributed by atoms with Crippen LogP contribution in [0.5, 0.6) is 0 Å².